The van der Waals surface area contributed by atoms with Crippen molar-refractivity contribution in [1.82, 2.24) is 14.6 Å². The van der Waals surface area contributed by atoms with E-state index < -0.39 is 0 Å². The molecule has 29 heavy (non-hydrogen) atoms. The lowest BCUT2D eigenvalue weighted by Crippen LogP contribution is -2.46. The van der Waals surface area contributed by atoms with E-state index in [1.807, 2.05) is 36.4 Å². The average molecular weight is 431 g/mol. The molecule has 0 aliphatic carbocycles. The second kappa shape index (κ2) is 10.6. The summed E-state index contributed by atoms with van der Waals surface area (Å²) in [6, 6.07) is 17.8. The number of hydrogen-bond donors (Lipinski definition) is 1. The number of anilines is 1. The summed E-state index contributed by atoms with van der Waals surface area (Å²) in [7, 11) is 0. The van der Waals surface area contributed by atoms with Crippen molar-refractivity contribution in [2.75, 3.05) is 44.2 Å². The number of piperazine rings is 1. The predicted octanol–water partition coefficient (Wildman–Crippen LogP) is 4.05. The van der Waals surface area contributed by atoms with Crippen molar-refractivity contribution < 1.29 is 4.79 Å². The van der Waals surface area contributed by atoms with Crippen molar-refractivity contribution in [3.63, 3.8) is 0 Å². The Hall–Kier alpha value is -2.15. The fraction of sp³-hybridized carbons (Fsp3) is 0.364. The summed E-state index contributed by atoms with van der Waals surface area (Å²) in [6.45, 7) is 6.11. The first-order chi connectivity index (χ1) is 13.8. The molecule has 4 rings (SSSR count). The highest BCUT2D eigenvalue weighted by Gasteiger charge is 2.20. The molecule has 1 fully saturated rings. The van der Waals surface area contributed by atoms with Crippen LogP contribution in [0.3, 0.4) is 0 Å². The summed E-state index contributed by atoms with van der Waals surface area (Å²) >= 11 is 1.61. The van der Waals surface area contributed by atoms with Crippen molar-refractivity contribution in [2.45, 2.75) is 12.8 Å². The smallest absolute Gasteiger partial charge is 0.251 e. The van der Waals surface area contributed by atoms with E-state index in [9.17, 15) is 4.79 Å². The minimum Gasteiger partial charge on any atom is -0.359 e. The van der Waals surface area contributed by atoms with Crippen LogP contribution < -0.4 is 10.2 Å². The van der Waals surface area contributed by atoms with Gasteiger partial charge in [-0.2, -0.15) is 4.37 Å². The normalized spacial score (nSPS) is 14.6. The number of amides is 1. The molecule has 1 aliphatic heterocycles. The summed E-state index contributed by atoms with van der Waals surface area (Å²) in [5.74, 6) is 0.0194. The summed E-state index contributed by atoms with van der Waals surface area (Å²) in [6.07, 6.45) is 2.12. The van der Waals surface area contributed by atoms with Gasteiger partial charge in [-0.05, 0) is 55.2 Å². The van der Waals surface area contributed by atoms with Crippen LogP contribution in [-0.4, -0.2) is 54.4 Å². The quantitative estimate of drug-likeness (QED) is 0.574. The van der Waals surface area contributed by atoms with Gasteiger partial charge in [-0.15, -0.1) is 12.4 Å². The van der Waals surface area contributed by atoms with Crippen molar-refractivity contribution >= 4 is 45.8 Å². The van der Waals surface area contributed by atoms with Crippen LogP contribution in [0.15, 0.2) is 54.6 Å². The van der Waals surface area contributed by atoms with Gasteiger partial charge >= 0.3 is 0 Å². The maximum Gasteiger partial charge on any atom is 0.251 e. The van der Waals surface area contributed by atoms with Gasteiger partial charge < -0.3 is 10.2 Å². The molecule has 0 saturated carbocycles. The molecule has 0 spiro atoms. The van der Waals surface area contributed by atoms with E-state index in [-0.39, 0.29) is 18.3 Å². The van der Waals surface area contributed by atoms with Gasteiger partial charge in [0.2, 0.25) is 0 Å². The molecular weight excluding hydrogens is 404 g/mol. The largest absolute Gasteiger partial charge is 0.359 e. The summed E-state index contributed by atoms with van der Waals surface area (Å²) < 4.78 is 4.57. The Morgan fingerprint density at radius 1 is 0.966 bits per heavy atom. The first-order valence-corrected chi connectivity index (χ1v) is 10.7. The van der Waals surface area contributed by atoms with E-state index in [4.69, 9.17) is 0 Å². The van der Waals surface area contributed by atoms with Gasteiger partial charge in [0.25, 0.3) is 5.91 Å². The lowest BCUT2D eigenvalue weighted by atomic mass is 10.2. The first kappa shape index (κ1) is 21.6. The number of benzene rings is 2. The number of carbonyl (C=O) groups is 1. The van der Waals surface area contributed by atoms with Crippen LogP contribution in [0.4, 0.5) is 5.00 Å². The van der Waals surface area contributed by atoms with Crippen molar-refractivity contribution in [1.29, 1.82) is 0 Å². The second-order valence-corrected chi connectivity index (χ2v) is 7.91. The third kappa shape index (κ3) is 5.47. The van der Waals surface area contributed by atoms with Crippen LogP contribution in [0.25, 0.3) is 10.9 Å². The lowest BCUT2D eigenvalue weighted by molar-refractivity contribution is 0.0952. The molecule has 1 N–H and O–H groups in total. The summed E-state index contributed by atoms with van der Waals surface area (Å²) in [4.78, 5) is 17.0. The van der Waals surface area contributed by atoms with Gasteiger partial charge in [0.1, 0.15) is 5.00 Å². The molecule has 0 atom stereocenters. The number of rotatable bonds is 7. The highest BCUT2D eigenvalue weighted by Crippen LogP contribution is 2.31. The predicted molar refractivity (Wildman–Crippen MR) is 124 cm³/mol. The van der Waals surface area contributed by atoms with Gasteiger partial charge in [-0.3, -0.25) is 9.69 Å². The van der Waals surface area contributed by atoms with Gasteiger partial charge in [0.15, 0.2) is 0 Å². The number of hydrogen-bond acceptors (Lipinski definition) is 5. The molecule has 3 aromatic rings. The van der Waals surface area contributed by atoms with Crippen LogP contribution in [-0.2, 0) is 0 Å². The Kier molecular flexibility index (Phi) is 7.86. The van der Waals surface area contributed by atoms with Crippen molar-refractivity contribution in [3.05, 3.63) is 60.2 Å². The first-order valence-electron chi connectivity index (χ1n) is 9.96. The molecule has 1 aromatic heterocycles. The molecule has 2 aromatic carbocycles. The highest BCUT2D eigenvalue weighted by molar-refractivity contribution is 7.11. The van der Waals surface area contributed by atoms with Gasteiger partial charge in [0, 0.05) is 43.7 Å². The summed E-state index contributed by atoms with van der Waals surface area (Å²) in [5, 5.41) is 5.59. The third-order valence-corrected chi connectivity index (χ3v) is 6.19. The molecule has 2 heterocycles. The number of unbranched alkanes of at least 4 members (excludes halogenated alkanes) is 1. The Labute approximate surface area is 182 Å². The second-order valence-electron chi connectivity index (χ2n) is 7.16. The van der Waals surface area contributed by atoms with E-state index in [1.165, 1.54) is 10.4 Å². The third-order valence-electron chi connectivity index (χ3n) is 5.25. The zero-order valence-electron chi connectivity index (χ0n) is 16.4. The SMILES string of the molecule is Cl.O=C(NCCCCN1CCN(c2snc3ccccc23)CC1)c1ccccc1. The number of fused-ring (bicyclic) bond motifs is 1. The molecule has 5 nitrogen and oxygen atoms in total. The van der Waals surface area contributed by atoms with E-state index in [0.717, 1.165) is 63.2 Å². The average Bonchev–Trinajstić information content (AvgIpc) is 3.19. The number of aromatic nitrogens is 1. The van der Waals surface area contributed by atoms with Crippen LogP contribution in [0.5, 0.6) is 0 Å². The van der Waals surface area contributed by atoms with E-state index in [2.05, 4.69) is 37.7 Å². The van der Waals surface area contributed by atoms with Crippen LogP contribution in [0, 0.1) is 0 Å². The zero-order chi connectivity index (χ0) is 19.2. The highest BCUT2D eigenvalue weighted by atomic mass is 35.5. The van der Waals surface area contributed by atoms with Crippen LogP contribution in [0.2, 0.25) is 0 Å². The van der Waals surface area contributed by atoms with E-state index in [1.54, 1.807) is 11.5 Å². The number of halogens is 1. The van der Waals surface area contributed by atoms with E-state index in [0.29, 0.717) is 0 Å². The molecule has 7 heteroatoms. The maximum atomic E-state index is 12.0. The fourth-order valence-electron chi connectivity index (χ4n) is 3.63. The van der Waals surface area contributed by atoms with Gasteiger partial charge in [0.05, 0.1) is 5.52 Å². The Bertz CT molecular complexity index is 909. The number of nitrogens with zero attached hydrogens (tertiary/aromatic N) is 3. The minimum atomic E-state index is 0. The number of carbonyl (C=O) groups excluding carboxylic acids is 1. The van der Waals surface area contributed by atoms with Crippen LogP contribution >= 0.6 is 23.9 Å². The fourth-order valence-corrected chi connectivity index (χ4v) is 4.55. The van der Waals surface area contributed by atoms with Gasteiger partial charge in [-0.25, -0.2) is 0 Å². The molecule has 154 valence electrons. The van der Waals surface area contributed by atoms with Crippen molar-refractivity contribution in [2.24, 2.45) is 0 Å². The van der Waals surface area contributed by atoms with Gasteiger partial charge in [-0.1, -0.05) is 30.3 Å². The monoisotopic (exact) mass is 430 g/mol. The molecule has 0 bridgehead atoms. The molecule has 0 unspecified atom stereocenters. The molecular formula is C22H27ClN4OS. The topological polar surface area (TPSA) is 48.5 Å². The maximum absolute atomic E-state index is 12.0. The Morgan fingerprint density at radius 3 is 2.48 bits per heavy atom. The standard InChI is InChI=1S/C22H26N4OS.ClH/c27-21(18-8-2-1-3-9-18)23-12-6-7-13-25-14-16-26(17-15-25)22-19-10-4-5-11-20(19)24-28-22;/h1-5,8-11H,6-7,12-17H2,(H,23,27);1H. The molecule has 1 aliphatic rings. The summed E-state index contributed by atoms with van der Waals surface area (Å²) in [5.41, 5.74) is 1.83. The molecule has 0 radical (unpaired) electrons. The Morgan fingerprint density at radius 2 is 1.69 bits per heavy atom. The van der Waals surface area contributed by atoms with Crippen LogP contribution in [0.1, 0.15) is 23.2 Å². The van der Waals surface area contributed by atoms with Crippen molar-refractivity contribution in [3.8, 4) is 0 Å². The van der Waals surface area contributed by atoms with E-state index >= 15 is 0 Å². The molecule has 1 saturated heterocycles. The number of nitrogens with one attached hydrogen (secondary N) is 1. The molecule has 1 amide bonds. The zero-order valence-corrected chi connectivity index (χ0v) is 18.1. The Balaban J connectivity index is 0.00000240. The lowest BCUT2D eigenvalue weighted by Gasteiger charge is -2.35. The minimum absolute atomic E-state index is 0.